The summed E-state index contributed by atoms with van der Waals surface area (Å²) in [6, 6.07) is 4.27. The van der Waals surface area contributed by atoms with Crippen LogP contribution in [0.3, 0.4) is 0 Å². The summed E-state index contributed by atoms with van der Waals surface area (Å²) in [4.78, 5) is 25.6. The molecule has 1 heterocycles. The monoisotopic (exact) mass is 294 g/mol. The number of amides is 2. The second kappa shape index (κ2) is 5.71. The van der Waals surface area contributed by atoms with Crippen molar-refractivity contribution < 1.29 is 18.7 Å². The second-order valence-electron chi connectivity index (χ2n) is 5.17. The number of anilines is 1. The van der Waals surface area contributed by atoms with Crippen molar-refractivity contribution in [2.75, 3.05) is 18.1 Å². The van der Waals surface area contributed by atoms with Gasteiger partial charge in [0.25, 0.3) is 5.91 Å². The summed E-state index contributed by atoms with van der Waals surface area (Å²) in [5.74, 6) is -0.916. The summed E-state index contributed by atoms with van der Waals surface area (Å²) in [6.45, 7) is 5.50. The highest BCUT2D eigenvalue weighted by Crippen LogP contribution is 2.28. The van der Waals surface area contributed by atoms with Crippen LogP contribution in [0, 0.1) is 5.82 Å². The molecule has 1 aliphatic heterocycles. The van der Waals surface area contributed by atoms with Crippen LogP contribution in [0.15, 0.2) is 18.2 Å². The zero-order valence-corrected chi connectivity index (χ0v) is 12.4. The molecule has 2 rings (SSSR count). The molecule has 1 N–H and O–H groups in total. The molecule has 0 radical (unpaired) electrons. The van der Waals surface area contributed by atoms with E-state index in [1.807, 2.05) is 6.92 Å². The van der Waals surface area contributed by atoms with Crippen LogP contribution in [-0.4, -0.2) is 30.5 Å². The van der Waals surface area contributed by atoms with Crippen molar-refractivity contribution in [1.82, 2.24) is 5.32 Å². The van der Waals surface area contributed by atoms with Gasteiger partial charge in [0.05, 0.1) is 6.61 Å². The summed E-state index contributed by atoms with van der Waals surface area (Å²) in [5.41, 5.74) is -0.597. The highest BCUT2D eigenvalue weighted by Gasteiger charge is 2.42. The lowest BCUT2D eigenvalue weighted by Crippen LogP contribution is -2.65. The van der Waals surface area contributed by atoms with Crippen LogP contribution >= 0.6 is 0 Å². The smallest absolute Gasteiger partial charge is 0.252 e. The first-order chi connectivity index (χ1) is 9.91. The third kappa shape index (κ3) is 2.84. The number of rotatable bonds is 4. The highest BCUT2D eigenvalue weighted by atomic mass is 19.1. The summed E-state index contributed by atoms with van der Waals surface area (Å²) in [6.07, 6.45) is 0.466. The standard InChI is InChI=1S/C15H19FN2O3/c1-4-15(3)14(20)18(9-13(19)17-15)10-6-7-12(21-5-2)11(16)8-10/h6-8H,4-5,9H2,1-3H3,(H,17,19). The number of nitrogens with zero attached hydrogens (tertiary/aromatic N) is 1. The first kappa shape index (κ1) is 15.3. The molecular weight excluding hydrogens is 275 g/mol. The Morgan fingerprint density at radius 2 is 2.10 bits per heavy atom. The van der Waals surface area contributed by atoms with Crippen LogP contribution in [0.5, 0.6) is 5.75 Å². The number of carbonyl (C=O) groups excluding carboxylic acids is 2. The molecule has 1 atom stereocenters. The molecule has 21 heavy (non-hydrogen) atoms. The van der Waals surface area contributed by atoms with Gasteiger partial charge in [-0.05, 0) is 32.4 Å². The van der Waals surface area contributed by atoms with E-state index in [4.69, 9.17) is 4.74 Å². The fourth-order valence-corrected chi connectivity index (χ4v) is 2.29. The van der Waals surface area contributed by atoms with Crippen LogP contribution in [-0.2, 0) is 9.59 Å². The van der Waals surface area contributed by atoms with Crippen molar-refractivity contribution >= 4 is 17.5 Å². The number of nitrogens with one attached hydrogen (secondary N) is 1. The van der Waals surface area contributed by atoms with E-state index in [0.29, 0.717) is 18.7 Å². The number of hydrogen-bond donors (Lipinski definition) is 1. The van der Waals surface area contributed by atoms with Gasteiger partial charge in [-0.25, -0.2) is 4.39 Å². The predicted octanol–water partition coefficient (Wildman–Crippen LogP) is 1.86. The molecule has 0 spiro atoms. The van der Waals surface area contributed by atoms with Crippen LogP contribution in [0.4, 0.5) is 10.1 Å². The number of ether oxygens (including phenoxy) is 1. The Hall–Kier alpha value is -2.11. The Morgan fingerprint density at radius 1 is 1.38 bits per heavy atom. The van der Waals surface area contributed by atoms with Crippen molar-refractivity contribution in [2.45, 2.75) is 32.7 Å². The van der Waals surface area contributed by atoms with E-state index < -0.39 is 11.4 Å². The Morgan fingerprint density at radius 3 is 2.67 bits per heavy atom. The zero-order chi connectivity index (χ0) is 15.6. The maximum absolute atomic E-state index is 13.9. The van der Waals surface area contributed by atoms with Crippen LogP contribution in [0.2, 0.25) is 0 Å². The quantitative estimate of drug-likeness (QED) is 0.922. The number of carbonyl (C=O) groups is 2. The van der Waals surface area contributed by atoms with Crippen molar-refractivity contribution in [2.24, 2.45) is 0 Å². The third-order valence-electron chi connectivity index (χ3n) is 3.67. The van der Waals surface area contributed by atoms with Gasteiger partial charge in [-0.2, -0.15) is 0 Å². The molecular formula is C15H19FN2O3. The van der Waals surface area contributed by atoms with Gasteiger partial charge in [-0.3, -0.25) is 9.59 Å². The molecule has 1 fully saturated rings. The highest BCUT2D eigenvalue weighted by molar-refractivity contribution is 6.08. The van der Waals surface area contributed by atoms with E-state index in [2.05, 4.69) is 5.32 Å². The molecule has 2 amide bonds. The summed E-state index contributed by atoms with van der Waals surface area (Å²) in [5, 5.41) is 2.69. The van der Waals surface area contributed by atoms with Crippen molar-refractivity contribution in [1.29, 1.82) is 0 Å². The molecule has 0 bridgehead atoms. The van der Waals surface area contributed by atoms with Gasteiger partial charge in [0.15, 0.2) is 11.6 Å². The number of piperazine rings is 1. The minimum absolute atomic E-state index is 0.109. The maximum Gasteiger partial charge on any atom is 0.252 e. The van der Waals surface area contributed by atoms with Gasteiger partial charge in [-0.1, -0.05) is 6.92 Å². The van der Waals surface area contributed by atoms with E-state index in [-0.39, 0.29) is 24.1 Å². The predicted molar refractivity (Wildman–Crippen MR) is 76.8 cm³/mol. The topological polar surface area (TPSA) is 58.6 Å². The lowest BCUT2D eigenvalue weighted by atomic mass is 9.94. The Bertz CT molecular complexity index is 576. The van der Waals surface area contributed by atoms with E-state index >= 15 is 0 Å². The molecule has 114 valence electrons. The summed E-state index contributed by atoms with van der Waals surface area (Å²) >= 11 is 0. The van der Waals surface area contributed by atoms with Gasteiger partial charge >= 0.3 is 0 Å². The molecule has 0 aromatic heterocycles. The minimum Gasteiger partial charge on any atom is -0.491 e. The number of hydrogen-bond acceptors (Lipinski definition) is 3. The molecule has 0 saturated carbocycles. The van der Waals surface area contributed by atoms with E-state index in [1.165, 1.54) is 17.0 Å². The van der Waals surface area contributed by atoms with Gasteiger partial charge in [0.2, 0.25) is 5.91 Å². The fraction of sp³-hybridized carbons (Fsp3) is 0.467. The van der Waals surface area contributed by atoms with Crippen LogP contribution < -0.4 is 15.0 Å². The Kier molecular flexibility index (Phi) is 4.16. The first-order valence-corrected chi connectivity index (χ1v) is 6.96. The summed E-state index contributed by atoms with van der Waals surface area (Å²) < 4.78 is 19.1. The molecule has 1 unspecified atom stereocenters. The number of halogens is 1. The molecule has 6 heteroatoms. The van der Waals surface area contributed by atoms with E-state index in [9.17, 15) is 14.0 Å². The third-order valence-corrected chi connectivity index (χ3v) is 3.67. The van der Waals surface area contributed by atoms with Gasteiger partial charge in [0, 0.05) is 11.8 Å². The summed E-state index contributed by atoms with van der Waals surface area (Å²) in [7, 11) is 0. The average Bonchev–Trinajstić information content (AvgIpc) is 2.45. The van der Waals surface area contributed by atoms with Gasteiger partial charge < -0.3 is 15.0 Å². The van der Waals surface area contributed by atoms with Crippen molar-refractivity contribution in [3.63, 3.8) is 0 Å². The lowest BCUT2D eigenvalue weighted by molar-refractivity contribution is -0.135. The lowest BCUT2D eigenvalue weighted by Gasteiger charge is -2.39. The molecule has 0 aliphatic carbocycles. The maximum atomic E-state index is 13.9. The number of benzene rings is 1. The minimum atomic E-state index is -0.954. The van der Waals surface area contributed by atoms with E-state index in [1.54, 1.807) is 19.9 Å². The zero-order valence-electron chi connectivity index (χ0n) is 12.4. The SMILES string of the molecule is CCOc1ccc(N2CC(=O)NC(C)(CC)C2=O)cc1F. The Balaban J connectivity index is 2.34. The van der Waals surface area contributed by atoms with Crippen molar-refractivity contribution in [3.8, 4) is 5.75 Å². The van der Waals surface area contributed by atoms with Crippen LogP contribution in [0.1, 0.15) is 27.2 Å². The van der Waals surface area contributed by atoms with E-state index in [0.717, 1.165) is 0 Å². The second-order valence-corrected chi connectivity index (χ2v) is 5.17. The fourth-order valence-electron chi connectivity index (χ4n) is 2.29. The van der Waals surface area contributed by atoms with Crippen molar-refractivity contribution in [3.05, 3.63) is 24.0 Å². The van der Waals surface area contributed by atoms with Gasteiger partial charge in [0.1, 0.15) is 12.1 Å². The Labute approximate surface area is 123 Å². The van der Waals surface area contributed by atoms with Crippen LogP contribution in [0.25, 0.3) is 0 Å². The first-order valence-electron chi connectivity index (χ1n) is 6.96. The average molecular weight is 294 g/mol. The molecule has 1 aromatic rings. The molecule has 1 saturated heterocycles. The van der Waals surface area contributed by atoms with Gasteiger partial charge in [-0.15, -0.1) is 0 Å². The molecule has 1 aliphatic rings. The largest absolute Gasteiger partial charge is 0.491 e. The molecule has 1 aromatic carbocycles. The molecule has 5 nitrogen and oxygen atoms in total. The normalized spacial score (nSPS) is 22.2.